The van der Waals surface area contributed by atoms with Crippen molar-refractivity contribution in [3.8, 4) is 11.5 Å². The lowest BCUT2D eigenvalue weighted by atomic mass is 10.1. The van der Waals surface area contributed by atoms with Crippen molar-refractivity contribution >= 4 is 5.96 Å². The van der Waals surface area contributed by atoms with Gasteiger partial charge in [-0.3, -0.25) is 4.99 Å². The fourth-order valence-electron chi connectivity index (χ4n) is 2.59. The van der Waals surface area contributed by atoms with E-state index in [0.717, 1.165) is 28.5 Å². The van der Waals surface area contributed by atoms with Gasteiger partial charge in [-0.05, 0) is 52.3 Å². The van der Waals surface area contributed by atoms with E-state index in [4.69, 9.17) is 13.9 Å². The van der Waals surface area contributed by atoms with E-state index in [0.29, 0.717) is 31.6 Å². The van der Waals surface area contributed by atoms with E-state index >= 15 is 0 Å². The molecule has 27 heavy (non-hydrogen) atoms. The molecule has 0 aliphatic heterocycles. The van der Waals surface area contributed by atoms with Gasteiger partial charge in [-0.25, -0.2) is 4.98 Å². The van der Waals surface area contributed by atoms with Crippen LogP contribution in [0.4, 0.5) is 0 Å². The maximum atomic E-state index is 5.71. The molecule has 1 unspecified atom stereocenters. The molecule has 0 aliphatic carbocycles. The van der Waals surface area contributed by atoms with Crippen LogP contribution in [0.5, 0.6) is 11.5 Å². The number of benzene rings is 1. The molecule has 0 saturated carbocycles. The molecule has 0 amide bonds. The van der Waals surface area contributed by atoms with E-state index in [1.54, 1.807) is 7.05 Å². The number of aromatic nitrogens is 1. The lowest BCUT2D eigenvalue weighted by Crippen LogP contribution is -2.38. The maximum Gasteiger partial charge on any atom is 0.214 e. The summed E-state index contributed by atoms with van der Waals surface area (Å²) in [7, 11) is 1.73. The van der Waals surface area contributed by atoms with Gasteiger partial charge in [0.2, 0.25) is 5.89 Å². The molecular formula is C20H30N4O3. The van der Waals surface area contributed by atoms with Crippen molar-refractivity contribution in [2.75, 3.05) is 20.3 Å². The average Bonchev–Trinajstić information content (AvgIpc) is 2.98. The first-order valence-electron chi connectivity index (χ1n) is 9.28. The van der Waals surface area contributed by atoms with Gasteiger partial charge < -0.3 is 24.5 Å². The lowest BCUT2D eigenvalue weighted by Gasteiger charge is -2.19. The molecule has 7 nitrogen and oxygen atoms in total. The number of hydrogen-bond acceptors (Lipinski definition) is 5. The summed E-state index contributed by atoms with van der Waals surface area (Å²) in [5.74, 6) is 3.65. The molecule has 148 valence electrons. The van der Waals surface area contributed by atoms with E-state index in [1.807, 2.05) is 45.9 Å². The minimum absolute atomic E-state index is 0.0270. The van der Waals surface area contributed by atoms with Crippen molar-refractivity contribution in [1.82, 2.24) is 15.6 Å². The number of nitrogens with zero attached hydrogens (tertiary/aromatic N) is 2. The maximum absolute atomic E-state index is 5.71. The van der Waals surface area contributed by atoms with Gasteiger partial charge in [0.05, 0.1) is 31.5 Å². The van der Waals surface area contributed by atoms with Crippen LogP contribution in [0.1, 0.15) is 49.7 Å². The van der Waals surface area contributed by atoms with Crippen LogP contribution in [0.25, 0.3) is 0 Å². The van der Waals surface area contributed by atoms with Gasteiger partial charge in [0.25, 0.3) is 0 Å². The Morgan fingerprint density at radius 3 is 2.48 bits per heavy atom. The third kappa shape index (κ3) is 5.64. The second kappa shape index (κ2) is 9.85. The lowest BCUT2D eigenvalue weighted by molar-refractivity contribution is 0.287. The Labute approximate surface area is 161 Å². The number of hydrogen-bond donors (Lipinski definition) is 2. The van der Waals surface area contributed by atoms with Crippen molar-refractivity contribution in [1.29, 1.82) is 0 Å². The number of nitrogens with one attached hydrogen (secondary N) is 2. The Kier molecular flexibility index (Phi) is 7.52. The number of ether oxygens (including phenoxy) is 2. The van der Waals surface area contributed by atoms with Crippen LogP contribution in [0, 0.1) is 13.8 Å². The first-order chi connectivity index (χ1) is 13.0. The monoisotopic (exact) mass is 374 g/mol. The fraction of sp³-hybridized carbons (Fsp3) is 0.500. The highest BCUT2D eigenvalue weighted by atomic mass is 16.5. The first kappa shape index (κ1) is 20.6. The van der Waals surface area contributed by atoms with Crippen LogP contribution in [0.15, 0.2) is 27.6 Å². The normalized spacial score (nSPS) is 12.6. The van der Waals surface area contributed by atoms with Crippen LogP contribution < -0.4 is 20.1 Å². The molecular weight excluding hydrogens is 344 g/mol. The molecule has 2 rings (SSSR count). The Hall–Kier alpha value is -2.70. The van der Waals surface area contributed by atoms with Gasteiger partial charge in [0, 0.05) is 7.05 Å². The van der Waals surface area contributed by atoms with E-state index in [1.165, 1.54) is 0 Å². The van der Waals surface area contributed by atoms with Crippen LogP contribution in [0.3, 0.4) is 0 Å². The predicted octanol–water partition coefficient (Wildman–Crippen LogP) is 3.52. The van der Waals surface area contributed by atoms with E-state index in [2.05, 4.69) is 27.5 Å². The highest BCUT2D eigenvalue weighted by molar-refractivity contribution is 5.80. The van der Waals surface area contributed by atoms with Crippen LogP contribution in [-0.4, -0.2) is 31.2 Å². The summed E-state index contributed by atoms with van der Waals surface area (Å²) in [6, 6.07) is 6.00. The molecule has 0 radical (unpaired) electrons. The van der Waals surface area contributed by atoms with Gasteiger partial charge in [-0.2, -0.15) is 0 Å². The zero-order valence-electron chi connectivity index (χ0n) is 17.0. The second-order valence-corrected chi connectivity index (χ2v) is 6.11. The van der Waals surface area contributed by atoms with E-state index in [9.17, 15) is 0 Å². The number of oxazole rings is 1. The second-order valence-electron chi connectivity index (χ2n) is 6.11. The van der Waals surface area contributed by atoms with Crippen LogP contribution in [0.2, 0.25) is 0 Å². The van der Waals surface area contributed by atoms with E-state index < -0.39 is 0 Å². The topological polar surface area (TPSA) is 80.9 Å². The Morgan fingerprint density at radius 1 is 1.19 bits per heavy atom. The zero-order chi connectivity index (χ0) is 19.8. The third-order valence-electron chi connectivity index (χ3n) is 4.12. The number of aliphatic imine (C=N–C) groups is 1. The van der Waals surface area contributed by atoms with Gasteiger partial charge in [0.15, 0.2) is 17.5 Å². The molecule has 0 fully saturated rings. The summed E-state index contributed by atoms with van der Waals surface area (Å²) >= 11 is 0. The standard InChI is InChI=1S/C20H30N4O3/c1-7-25-17-10-9-16(11-18(17)26-8-2)14(4)24-20(21-6)22-12-19-23-13(3)15(5)27-19/h9-11,14H,7-8,12H2,1-6H3,(H2,21,22,24). The number of guanidine groups is 1. The zero-order valence-corrected chi connectivity index (χ0v) is 17.0. The number of aryl methyl sites for hydroxylation is 2. The Bertz CT molecular complexity index is 751. The molecule has 0 spiro atoms. The summed E-state index contributed by atoms with van der Waals surface area (Å²) in [5.41, 5.74) is 1.98. The predicted molar refractivity (Wildman–Crippen MR) is 107 cm³/mol. The molecule has 1 heterocycles. The molecule has 2 N–H and O–H groups in total. The molecule has 0 saturated heterocycles. The Morgan fingerprint density at radius 2 is 1.89 bits per heavy atom. The van der Waals surface area contributed by atoms with Crippen molar-refractivity contribution in [2.24, 2.45) is 4.99 Å². The molecule has 1 atom stereocenters. The summed E-state index contributed by atoms with van der Waals surface area (Å²) < 4.78 is 16.9. The van der Waals surface area contributed by atoms with Crippen molar-refractivity contribution in [3.05, 3.63) is 41.1 Å². The van der Waals surface area contributed by atoms with Crippen LogP contribution >= 0.6 is 0 Å². The summed E-state index contributed by atoms with van der Waals surface area (Å²) in [5, 5.41) is 6.59. The largest absolute Gasteiger partial charge is 0.490 e. The van der Waals surface area contributed by atoms with Crippen molar-refractivity contribution < 1.29 is 13.9 Å². The number of rotatable bonds is 8. The summed E-state index contributed by atoms with van der Waals surface area (Å²) in [6.07, 6.45) is 0. The van der Waals surface area contributed by atoms with Gasteiger partial charge >= 0.3 is 0 Å². The quantitative estimate of drug-likeness (QED) is 0.544. The SMILES string of the molecule is CCOc1ccc(C(C)NC(=NC)NCc2nc(C)c(C)o2)cc1OCC. The average molecular weight is 374 g/mol. The fourth-order valence-corrected chi connectivity index (χ4v) is 2.59. The molecule has 1 aromatic carbocycles. The Balaban J connectivity index is 2.02. The highest BCUT2D eigenvalue weighted by Gasteiger charge is 2.13. The summed E-state index contributed by atoms with van der Waals surface area (Å²) in [4.78, 5) is 8.64. The van der Waals surface area contributed by atoms with Crippen molar-refractivity contribution in [3.63, 3.8) is 0 Å². The molecule has 0 bridgehead atoms. The molecule has 7 heteroatoms. The minimum atomic E-state index is 0.0270. The molecule has 0 aliphatic rings. The van der Waals surface area contributed by atoms with Crippen molar-refractivity contribution in [2.45, 2.75) is 47.2 Å². The molecule has 1 aromatic heterocycles. The van der Waals surface area contributed by atoms with Gasteiger partial charge in [0.1, 0.15) is 5.76 Å². The minimum Gasteiger partial charge on any atom is -0.490 e. The first-order valence-corrected chi connectivity index (χ1v) is 9.28. The molecule has 2 aromatic rings. The van der Waals surface area contributed by atoms with Crippen LogP contribution in [-0.2, 0) is 6.54 Å². The smallest absolute Gasteiger partial charge is 0.214 e. The van der Waals surface area contributed by atoms with Gasteiger partial charge in [-0.1, -0.05) is 6.07 Å². The van der Waals surface area contributed by atoms with E-state index in [-0.39, 0.29) is 6.04 Å². The highest BCUT2D eigenvalue weighted by Crippen LogP contribution is 2.30. The van der Waals surface area contributed by atoms with Gasteiger partial charge in [-0.15, -0.1) is 0 Å². The summed E-state index contributed by atoms with van der Waals surface area (Å²) in [6.45, 7) is 11.5. The third-order valence-corrected chi connectivity index (χ3v) is 4.12.